The Kier molecular flexibility index (Phi) is 724000. The Balaban J connectivity index is 0. The molecule has 0 heterocycles. The number of hydrogen-bond donors (Lipinski definition) is 0. The zero-order valence-corrected chi connectivity index (χ0v) is 3.04. The van der Waals surface area contributed by atoms with Crippen LogP contribution in [0.4, 0.5) is 23.5 Å². The molecule has 0 aliphatic rings. The normalized spacial score (nSPS) is 0. The summed E-state index contributed by atoms with van der Waals surface area (Å²) in [4.78, 5) is 0. The Labute approximate surface area is 43.3 Å². The molecule has 0 bridgehead atoms. The minimum Gasteiger partial charge on any atom is -0.269 e. The fraction of sp³-hybridized carbons (Fsp3) is 0. The Bertz CT molecular complexity index is 3.90. The van der Waals surface area contributed by atoms with Gasteiger partial charge < -0.3 is 0 Å². The van der Waals surface area contributed by atoms with E-state index in [4.69, 9.17) is 0 Å². The molecule has 6 heavy (non-hydrogen) atoms. The third-order valence-corrected chi connectivity index (χ3v) is 0. The summed E-state index contributed by atoms with van der Waals surface area (Å²) >= 11 is 0. The van der Waals surface area contributed by atoms with Gasteiger partial charge in [-0.25, -0.2) is 0 Å². The molecule has 0 atom stereocenters. The molecule has 0 aromatic rings. The second-order valence-electron chi connectivity index (χ2n) is 0. The minimum absolute atomic E-state index is 0. The summed E-state index contributed by atoms with van der Waals surface area (Å²) in [7, 11) is 0. The standard InChI is InChI=1S/5FH.Li/h5*1H;. The summed E-state index contributed by atoms with van der Waals surface area (Å²) in [5.41, 5.74) is 0. The van der Waals surface area contributed by atoms with Crippen LogP contribution in [0.2, 0.25) is 0 Å². The minimum atomic E-state index is 0. The van der Waals surface area contributed by atoms with Gasteiger partial charge >= 0.3 is 0 Å². The monoisotopic (exact) mass is 107 g/mol. The van der Waals surface area contributed by atoms with Crippen LogP contribution in [0.1, 0.15) is 0 Å². The maximum Gasteiger partial charge on any atom is 0 e. The summed E-state index contributed by atoms with van der Waals surface area (Å²) in [5, 5.41) is 0. The molecule has 0 spiro atoms. The van der Waals surface area contributed by atoms with Crippen molar-refractivity contribution in [2.24, 2.45) is 0 Å². The number of hydrogen-bond acceptors (Lipinski definition) is 0. The predicted octanol–water partition coefficient (Wildman–Crippen LogP) is 0.382. The second-order valence-corrected chi connectivity index (χ2v) is 0. The van der Waals surface area contributed by atoms with Crippen molar-refractivity contribution in [3.63, 3.8) is 0 Å². The molecule has 0 fully saturated rings. The molecule has 0 saturated heterocycles. The first kappa shape index (κ1) is 2810. The van der Waals surface area contributed by atoms with Crippen LogP contribution in [0.15, 0.2) is 0 Å². The van der Waals surface area contributed by atoms with Crippen LogP contribution in [0.5, 0.6) is 0 Å². The first-order valence-corrected chi connectivity index (χ1v) is 0. The van der Waals surface area contributed by atoms with E-state index >= 15 is 0 Å². The summed E-state index contributed by atoms with van der Waals surface area (Å²) in [5.74, 6) is 0. The van der Waals surface area contributed by atoms with Gasteiger partial charge in [-0.05, 0) is 0 Å². The maximum absolute atomic E-state index is 0. The largest absolute Gasteiger partial charge is 0.269 e. The van der Waals surface area contributed by atoms with Gasteiger partial charge in [-0.3, -0.25) is 23.5 Å². The molecular formula is H5F5Li. The molecule has 0 aromatic heterocycles. The molecule has 0 amide bonds. The van der Waals surface area contributed by atoms with Crippen molar-refractivity contribution in [1.29, 1.82) is 0 Å². The molecule has 0 rings (SSSR count). The van der Waals surface area contributed by atoms with Gasteiger partial charge in [0.2, 0.25) is 0 Å². The SMILES string of the molecule is F.F.F.F.F.[Li]. The van der Waals surface area contributed by atoms with Crippen molar-refractivity contribution in [1.82, 2.24) is 0 Å². The van der Waals surface area contributed by atoms with Gasteiger partial charge in [-0.1, -0.05) is 0 Å². The third kappa shape index (κ3) is 732. The molecule has 41 valence electrons. The van der Waals surface area contributed by atoms with Crippen LogP contribution in [-0.2, 0) is 0 Å². The first-order valence-electron chi connectivity index (χ1n) is 0. The van der Waals surface area contributed by atoms with E-state index in [-0.39, 0.29) is 42.4 Å². The van der Waals surface area contributed by atoms with Crippen molar-refractivity contribution < 1.29 is 23.5 Å². The molecule has 0 nitrogen and oxygen atoms in total. The Morgan fingerprint density at radius 3 is 0.333 bits per heavy atom. The predicted molar refractivity (Wildman–Crippen MR) is 18.3 cm³/mol. The van der Waals surface area contributed by atoms with Crippen molar-refractivity contribution in [2.75, 3.05) is 0 Å². The second kappa shape index (κ2) is 1550. The van der Waals surface area contributed by atoms with Crippen LogP contribution in [0.3, 0.4) is 0 Å². The fourth-order valence-corrected chi connectivity index (χ4v) is 0. The van der Waals surface area contributed by atoms with Crippen LogP contribution in [-0.4, -0.2) is 18.9 Å². The summed E-state index contributed by atoms with van der Waals surface area (Å²) < 4.78 is 0. The maximum atomic E-state index is 0. The zero-order valence-electron chi connectivity index (χ0n) is 3.04. The van der Waals surface area contributed by atoms with E-state index in [0.717, 1.165) is 0 Å². The van der Waals surface area contributed by atoms with E-state index in [1.54, 1.807) is 0 Å². The molecule has 0 aliphatic heterocycles. The Hall–Kier alpha value is 0.247. The Morgan fingerprint density at radius 2 is 0.333 bits per heavy atom. The molecule has 0 saturated carbocycles. The van der Waals surface area contributed by atoms with Gasteiger partial charge in [0.05, 0.1) is 0 Å². The van der Waals surface area contributed by atoms with Gasteiger partial charge in [-0.2, -0.15) is 0 Å². The first-order chi connectivity index (χ1) is 0. The smallest absolute Gasteiger partial charge is 0 e. The fourth-order valence-electron chi connectivity index (χ4n) is 0. The van der Waals surface area contributed by atoms with Gasteiger partial charge in [0, 0.05) is 18.9 Å². The van der Waals surface area contributed by atoms with E-state index in [1.165, 1.54) is 0 Å². The van der Waals surface area contributed by atoms with Crippen LogP contribution in [0, 0.1) is 0 Å². The summed E-state index contributed by atoms with van der Waals surface area (Å²) in [6.07, 6.45) is 0. The molecule has 0 aromatic carbocycles. The zero-order chi connectivity index (χ0) is 0. The van der Waals surface area contributed by atoms with Gasteiger partial charge in [0.25, 0.3) is 0 Å². The topological polar surface area (TPSA) is 0 Å². The molecule has 6 heteroatoms. The van der Waals surface area contributed by atoms with E-state index in [2.05, 4.69) is 0 Å². The third-order valence-electron chi connectivity index (χ3n) is 0. The van der Waals surface area contributed by atoms with Crippen LogP contribution in [0.25, 0.3) is 0 Å². The van der Waals surface area contributed by atoms with Crippen molar-refractivity contribution in [2.45, 2.75) is 0 Å². The average molecular weight is 107 g/mol. The quantitative estimate of drug-likeness (QED) is 0.310. The molecule has 1 radical (unpaired) electrons. The number of halogens is 5. The van der Waals surface area contributed by atoms with Crippen LogP contribution >= 0.6 is 0 Å². The molecule has 0 unspecified atom stereocenters. The summed E-state index contributed by atoms with van der Waals surface area (Å²) in [6.45, 7) is 0. The van der Waals surface area contributed by atoms with E-state index in [0.29, 0.717) is 0 Å². The molecule has 0 N–H and O–H groups in total. The summed E-state index contributed by atoms with van der Waals surface area (Å²) in [6, 6.07) is 0. The van der Waals surface area contributed by atoms with E-state index in [9.17, 15) is 0 Å². The molecule has 0 aliphatic carbocycles. The molecular weight excluding hydrogens is 102 g/mol. The van der Waals surface area contributed by atoms with Gasteiger partial charge in [0.1, 0.15) is 0 Å². The van der Waals surface area contributed by atoms with E-state index in [1.807, 2.05) is 0 Å². The van der Waals surface area contributed by atoms with Crippen molar-refractivity contribution in [3.05, 3.63) is 0 Å². The van der Waals surface area contributed by atoms with Gasteiger partial charge in [0.15, 0.2) is 0 Å². The van der Waals surface area contributed by atoms with Crippen molar-refractivity contribution >= 4 is 18.9 Å². The average Bonchev–Trinajstić information content (AvgIpc) is 0. The van der Waals surface area contributed by atoms with E-state index < -0.39 is 0 Å². The van der Waals surface area contributed by atoms with Crippen molar-refractivity contribution in [3.8, 4) is 0 Å². The van der Waals surface area contributed by atoms with Crippen LogP contribution < -0.4 is 0 Å². The Morgan fingerprint density at radius 1 is 0.333 bits per heavy atom. The van der Waals surface area contributed by atoms with Gasteiger partial charge in [-0.15, -0.1) is 0 Å². The number of rotatable bonds is 0.